The highest BCUT2D eigenvalue weighted by Crippen LogP contribution is 2.25. The van der Waals surface area contributed by atoms with E-state index >= 15 is 0 Å². The number of sulfonamides is 1. The monoisotopic (exact) mass is 309 g/mol. The van der Waals surface area contributed by atoms with Crippen molar-refractivity contribution < 1.29 is 13.5 Å². The molecule has 2 unspecified atom stereocenters. The van der Waals surface area contributed by atoms with Crippen molar-refractivity contribution in [1.82, 2.24) is 4.31 Å². The smallest absolute Gasteiger partial charge is 0.236 e. The fraction of sp³-hybridized carbons (Fsp3) is 0.500. The molecule has 1 aliphatic rings. The molecule has 2 atom stereocenters. The topological polar surface area (TPSA) is 57.6 Å². The summed E-state index contributed by atoms with van der Waals surface area (Å²) in [6.45, 7) is 4.36. The van der Waals surface area contributed by atoms with Crippen molar-refractivity contribution in [2.24, 2.45) is 5.92 Å². The molecular formula is C16H23NO3S. The number of piperidine rings is 1. The Morgan fingerprint density at radius 2 is 1.95 bits per heavy atom. The largest absolute Gasteiger partial charge is 0.396 e. The van der Waals surface area contributed by atoms with Crippen LogP contribution in [-0.2, 0) is 10.0 Å². The fourth-order valence-corrected chi connectivity index (χ4v) is 4.08. The average Bonchev–Trinajstić information content (AvgIpc) is 2.47. The Labute approximate surface area is 127 Å². The van der Waals surface area contributed by atoms with Crippen LogP contribution in [-0.4, -0.2) is 37.0 Å². The van der Waals surface area contributed by atoms with Gasteiger partial charge in [0.2, 0.25) is 10.0 Å². The number of benzene rings is 1. The standard InChI is InChI=1S/C16H23NO3S/c1-13-3-6-15(7-4-13)9-10-21(19,20)17-11-16(12-18)8-5-14(17)2/h3-4,6-7,9-10,14,16,18H,5,8,11-12H2,1-2H3/b10-9+. The zero-order valence-corrected chi connectivity index (χ0v) is 13.4. The molecule has 0 amide bonds. The zero-order chi connectivity index (χ0) is 15.5. The van der Waals surface area contributed by atoms with Crippen molar-refractivity contribution in [3.8, 4) is 0 Å². The van der Waals surface area contributed by atoms with Gasteiger partial charge in [0.05, 0.1) is 0 Å². The molecule has 0 radical (unpaired) electrons. The predicted octanol–water partition coefficient (Wildman–Crippen LogP) is 2.39. The molecule has 1 fully saturated rings. The molecule has 0 aromatic heterocycles. The van der Waals surface area contributed by atoms with Gasteiger partial charge in [-0.3, -0.25) is 0 Å². The van der Waals surface area contributed by atoms with Crippen LogP contribution in [0.15, 0.2) is 29.7 Å². The van der Waals surface area contributed by atoms with Crippen LogP contribution in [0.1, 0.15) is 30.9 Å². The third-order valence-electron chi connectivity index (χ3n) is 4.02. The first-order valence-corrected chi connectivity index (χ1v) is 8.80. The number of nitrogens with zero attached hydrogens (tertiary/aromatic N) is 1. The summed E-state index contributed by atoms with van der Waals surface area (Å²) in [5.41, 5.74) is 2.01. The Morgan fingerprint density at radius 1 is 1.29 bits per heavy atom. The summed E-state index contributed by atoms with van der Waals surface area (Å²) in [5, 5.41) is 10.5. The highest BCUT2D eigenvalue weighted by Gasteiger charge is 2.32. The third kappa shape index (κ3) is 4.15. The van der Waals surface area contributed by atoms with Crippen molar-refractivity contribution in [2.75, 3.05) is 13.2 Å². The van der Waals surface area contributed by atoms with Gasteiger partial charge in [0.15, 0.2) is 0 Å². The summed E-state index contributed by atoms with van der Waals surface area (Å²) in [6, 6.07) is 7.70. The molecule has 2 rings (SSSR count). The van der Waals surface area contributed by atoms with Crippen molar-refractivity contribution >= 4 is 16.1 Å². The minimum Gasteiger partial charge on any atom is -0.396 e. The molecule has 0 aliphatic carbocycles. The molecule has 1 aliphatic heterocycles. The summed E-state index contributed by atoms with van der Waals surface area (Å²) in [5.74, 6) is 0.0451. The number of hydrogen-bond donors (Lipinski definition) is 1. The first kappa shape index (κ1) is 16.2. The van der Waals surface area contributed by atoms with Gasteiger partial charge in [0, 0.05) is 24.6 Å². The van der Waals surface area contributed by atoms with Crippen molar-refractivity contribution in [1.29, 1.82) is 0 Å². The lowest BCUT2D eigenvalue weighted by molar-refractivity contribution is 0.140. The summed E-state index contributed by atoms with van der Waals surface area (Å²) in [6.07, 6.45) is 3.30. The lowest BCUT2D eigenvalue weighted by Gasteiger charge is -2.35. The van der Waals surface area contributed by atoms with E-state index < -0.39 is 10.0 Å². The molecule has 4 nitrogen and oxygen atoms in total. The highest BCUT2D eigenvalue weighted by molar-refractivity contribution is 7.92. The number of aliphatic hydroxyl groups is 1. The van der Waals surface area contributed by atoms with Gasteiger partial charge in [-0.15, -0.1) is 0 Å². The normalized spacial score (nSPS) is 24.5. The summed E-state index contributed by atoms with van der Waals surface area (Å²) >= 11 is 0. The molecule has 1 N–H and O–H groups in total. The lowest BCUT2D eigenvalue weighted by atomic mass is 9.96. The van der Waals surface area contributed by atoms with E-state index in [1.165, 1.54) is 9.71 Å². The molecule has 1 aromatic carbocycles. The summed E-state index contributed by atoms with van der Waals surface area (Å²) < 4.78 is 26.4. The molecule has 21 heavy (non-hydrogen) atoms. The number of aliphatic hydroxyl groups excluding tert-OH is 1. The van der Waals surface area contributed by atoms with Gasteiger partial charge in [0.1, 0.15) is 0 Å². The lowest BCUT2D eigenvalue weighted by Crippen LogP contribution is -2.45. The van der Waals surface area contributed by atoms with Crippen LogP contribution >= 0.6 is 0 Å². The van der Waals surface area contributed by atoms with Gasteiger partial charge in [-0.1, -0.05) is 29.8 Å². The second-order valence-corrected chi connectivity index (χ2v) is 7.57. The molecule has 0 bridgehead atoms. The second kappa shape index (κ2) is 6.73. The number of hydrogen-bond acceptors (Lipinski definition) is 3. The minimum atomic E-state index is -3.44. The Kier molecular flexibility index (Phi) is 5.19. The van der Waals surface area contributed by atoms with Gasteiger partial charge < -0.3 is 5.11 Å². The second-order valence-electron chi connectivity index (χ2n) is 5.80. The Hall–Kier alpha value is -1.17. The molecule has 1 saturated heterocycles. The van der Waals surface area contributed by atoms with Crippen LogP contribution in [0.4, 0.5) is 0 Å². The van der Waals surface area contributed by atoms with Gasteiger partial charge in [-0.05, 0) is 44.2 Å². The first-order valence-electron chi connectivity index (χ1n) is 7.30. The number of rotatable bonds is 4. The maximum absolute atomic E-state index is 12.5. The van der Waals surface area contributed by atoms with E-state index in [0.29, 0.717) is 6.54 Å². The van der Waals surface area contributed by atoms with Crippen LogP contribution in [0.3, 0.4) is 0 Å². The van der Waals surface area contributed by atoms with E-state index in [2.05, 4.69) is 0 Å². The van der Waals surface area contributed by atoms with Gasteiger partial charge in [-0.25, -0.2) is 8.42 Å². The molecular weight excluding hydrogens is 286 g/mol. The third-order valence-corrected chi connectivity index (χ3v) is 5.66. The SMILES string of the molecule is Cc1ccc(/C=C/S(=O)(=O)N2CC(CO)CCC2C)cc1. The Bertz CT molecular complexity index is 592. The predicted molar refractivity (Wildman–Crippen MR) is 85.1 cm³/mol. The average molecular weight is 309 g/mol. The van der Waals surface area contributed by atoms with E-state index in [0.717, 1.165) is 24.0 Å². The number of aryl methyl sites for hydroxylation is 1. The maximum Gasteiger partial charge on any atom is 0.236 e. The van der Waals surface area contributed by atoms with Crippen molar-refractivity contribution in [2.45, 2.75) is 32.7 Å². The van der Waals surface area contributed by atoms with Crippen LogP contribution in [0.25, 0.3) is 6.08 Å². The van der Waals surface area contributed by atoms with Crippen LogP contribution in [0, 0.1) is 12.8 Å². The zero-order valence-electron chi connectivity index (χ0n) is 12.6. The molecule has 1 heterocycles. The van der Waals surface area contributed by atoms with Gasteiger partial charge in [0.25, 0.3) is 0 Å². The fourth-order valence-electron chi connectivity index (χ4n) is 2.57. The van der Waals surface area contributed by atoms with E-state index in [9.17, 15) is 13.5 Å². The molecule has 116 valence electrons. The van der Waals surface area contributed by atoms with Crippen LogP contribution < -0.4 is 0 Å². The van der Waals surface area contributed by atoms with E-state index in [4.69, 9.17) is 0 Å². The first-order chi connectivity index (χ1) is 9.92. The van der Waals surface area contributed by atoms with Crippen molar-refractivity contribution in [3.63, 3.8) is 0 Å². The molecule has 0 spiro atoms. The van der Waals surface area contributed by atoms with E-state index in [1.54, 1.807) is 6.08 Å². The minimum absolute atomic E-state index is 0.0135. The quantitative estimate of drug-likeness (QED) is 0.929. The Morgan fingerprint density at radius 3 is 2.57 bits per heavy atom. The molecule has 0 saturated carbocycles. The van der Waals surface area contributed by atoms with Crippen LogP contribution in [0.2, 0.25) is 0 Å². The molecule has 5 heteroatoms. The summed E-state index contributed by atoms with van der Waals surface area (Å²) in [7, 11) is -3.44. The van der Waals surface area contributed by atoms with Gasteiger partial charge in [-0.2, -0.15) is 4.31 Å². The van der Waals surface area contributed by atoms with E-state index in [-0.39, 0.29) is 18.6 Å². The Balaban J connectivity index is 2.15. The van der Waals surface area contributed by atoms with Crippen LogP contribution in [0.5, 0.6) is 0 Å². The highest BCUT2D eigenvalue weighted by atomic mass is 32.2. The van der Waals surface area contributed by atoms with Gasteiger partial charge >= 0.3 is 0 Å². The molecule has 1 aromatic rings. The van der Waals surface area contributed by atoms with Crippen molar-refractivity contribution in [3.05, 3.63) is 40.8 Å². The van der Waals surface area contributed by atoms with E-state index in [1.807, 2.05) is 38.1 Å². The maximum atomic E-state index is 12.5. The summed E-state index contributed by atoms with van der Waals surface area (Å²) in [4.78, 5) is 0.